The predicted molar refractivity (Wildman–Crippen MR) is 85.4 cm³/mol. The minimum Gasteiger partial charge on any atom is -0.488 e. The van der Waals surface area contributed by atoms with Crippen molar-refractivity contribution in [2.45, 2.75) is 19.8 Å². The molecule has 0 unspecified atom stereocenters. The van der Waals surface area contributed by atoms with Gasteiger partial charge in [0.2, 0.25) is 17.1 Å². The predicted octanol–water partition coefficient (Wildman–Crippen LogP) is 2.39. The molecule has 2 rings (SSSR count). The van der Waals surface area contributed by atoms with Crippen molar-refractivity contribution < 1.29 is 14.4 Å². The summed E-state index contributed by atoms with van der Waals surface area (Å²) in [5, 5.41) is 10.6. The Morgan fingerprint density at radius 3 is 2.30 bits per heavy atom. The molecule has 1 aromatic heterocycles. The Hall–Kier alpha value is -2.83. The maximum atomic E-state index is 12.2. The molecule has 0 aliphatic heterocycles. The molecule has 0 saturated heterocycles. The molecule has 0 fully saturated rings. The number of nitro benzene ring substituents is 1. The summed E-state index contributed by atoms with van der Waals surface area (Å²) < 4.78 is 10.2. The zero-order valence-corrected chi connectivity index (χ0v) is 13.2. The van der Waals surface area contributed by atoms with Gasteiger partial charge in [-0.05, 0) is 25.3 Å². The molecular weight excluding hydrogens is 300 g/mol. The van der Waals surface area contributed by atoms with Crippen molar-refractivity contribution in [1.29, 1.82) is 0 Å². The van der Waals surface area contributed by atoms with Crippen molar-refractivity contribution in [1.82, 2.24) is 4.98 Å². The number of methoxy groups -OCH3 is 2. The zero-order chi connectivity index (χ0) is 17.0. The second-order valence-electron chi connectivity index (χ2n) is 5.05. The van der Waals surface area contributed by atoms with Gasteiger partial charge in [0.25, 0.3) is 5.69 Å². The molecule has 0 aliphatic rings. The van der Waals surface area contributed by atoms with Crippen molar-refractivity contribution in [3.05, 3.63) is 61.4 Å². The highest BCUT2D eigenvalue weighted by molar-refractivity contribution is 5.40. The van der Waals surface area contributed by atoms with Gasteiger partial charge in [0.1, 0.15) is 0 Å². The average Bonchev–Trinajstić information content (AvgIpc) is 2.56. The van der Waals surface area contributed by atoms with Crippen LogP contribution in [0.4, 0.5) is 5.69 Å². The molecule has 0 spiro atoms. The van der Waals surface area contributed by atoms with Gasteiger partial charge in [0, 0.05) is 23.4 Å². The molecule has 0 radical (unpaired) electrons. The number of aryl methyl sites for hydroxylation is 2. The van der Waals surface area contributed by atoms with Crippen LogP contribution in [0.1, 0.15) is 16.8 Å². The largest absolute Gasteiger partial charge is 0.488 e. The fourth-order valence-corrected chi connectivity index (χ4v) is 2.33. The van der Waals surface area contributed by atoms with E-state index in [1.807, 2.05) is 0 Å². The molecule has 122 valence electrons. The molecule has 1 aromatic carbocycles. The van der Waals surface area contributed by atoms with E-state index >= 15 is 0 Å². The van der Waals surface area contributed by atoms with Gasteiger partial charge in [0.05, 0.1) is 19.1 Å². The number of nitro groups is 1. The monoisotopic (exact) mass is 318 g/mol. The first-order valence-electron chi connectivity index (χ1n) is 7.05. The maximum absolute atomic E-state index is 12.2. The van der Waals surface area contributed by atoms with Gasteiger partial charge in [-0.2, -0.15) is 0 Å². The minimum atomic E-state index is -0.431. The number of rotatable bonds is 6. The van der Waals surface area contributed by atoms with Gasteiger partial charge in [-0.3, -0.25) is 14.9 Å². The Bertz CT molecular complexity index is 765. The number of hydrogen-bond donors (Lipinski definition) is 1. The van der Waals surface area contributed by atoms with Crippen molar-refractivity contribution in [2.75, 3.05) is 14.2 Å². The molecule has 0 aliphatic carbocycles. The number of ether oxygens (including phenoxy) is 2. The van der Waals surface area contributed by atoms with Gasteiger partial charge in [0.15, 0.2) is 0 Å². The van der Waals surface area contributed by atoms with E-state index in [-0.39, 0.29) is 16.9 Å². The van der Waals surface area contributed by atoms with E-state index < -0.39 is 4.92 Å². The van der Waals surface area contributed by atoms with Crippen LogP contribution in [0.15, 0.2) is 29.1 Å². The molecule has 7 nitrogen and oxygen atoms in total. The number of non-ortho nitro benzene ring substituents is 1. The highest BCUT2D eigenvalue weighted by Crippen LogP contribution is 2.22. The first kappa shape index (κ1) is 16.5. The highest BCUT2D eigenvalue weighted by Gasteiger charge is 2.15. The fraction of sp³-hybridized carbons (Fsp3) is 0.312. The molecule has 1 heterocycles. The fourth-order valence-electron chi connectivity index (χ4n) is 2.33. The lowest BCUT2D eigenvalue weighted by molar-refractivity contribution is -0.384. The summed E-state index contributed by atoms with van der Waals surface area (Å²) in [6.07, 6.45) is 1.23. The molecule has 0 bridgehead atoms. The molecule has 0 saturated carbocycles. The molecule has 2 aromatic rings. The molecular formula is C16H18N2O5. The summed E-state index contributed by atoms with van der Waals surface area (Å²) in [7, 11) is 2.88. The number of nitrogens with one attached hydrogen (secondary N) is 1. The van der Waals surface area contributed by atoms with Crippen molar-refractivity contribution >= 4 is 5.69 Å². The van der Waals surface area contributed by atoms with Gasteiger partial charge >= 0.3 is 0 Å². The van der Waals surface area contributed by atoms with Crippen LogP contribution < -0.4 is 14.9 Å². The van der Waals surface area contributed by atoms with Crippen LogP contribution in [-0.4, -0.2) is 24.1 Å². The van der Waals surface area contributed by atoms with E-state index in [9.17, 15) is 14.9 Å². The third kappa shape index (κ3) is 3.50. The Labute approximate surface area is 133 Å². The van der Waals surface area contributed by atoms with Gasteiger partial charge in [-0.15, -0.1) is 0 Å². The lowest BCUT2D eigenvalue weighted by Crippen LogP contribution is -2.15. The van der Waals surface area contributed by atoms with E-state index in [0.717, 1.165) is 11.3 Å². The summed E-state index contributed by atoms with van der Waals surface area (Å²) in [5.74, 6) is 0.450. The highest BCUT2D eigenvalue weighted by atomic mass is 16.6. The summed E-state index contributed by atoms with van der Waals surface area (Å²) >= 11 is 0. The van der Waals surface area contributed by atoms with Crippen LogP contribution in [0.5, 0.6) is 11.6 Å². The van der Waals surface area contributed by atoms with Crippen LogP contribution in [0, 0.1) is 17.0 Å². The topological polar surface area (TPSA) is 94.5 Å². The molecule has 7 heteroatoms. The number of nitrogens with zero attached hydrogens (tertiary/aromatic N) is 1. The number of H-pyrrole nitrogens is 1. The van der Waals surface area contributed by atoms with E-state index in [2.05, 4.69) is 4.98 Å². The number of benzene rings is 1. The summed E-state index contributed by atoms with van der Waals surface area (Å²) in [4.78, 5) is 25.5. The molecule has 23 heavy (non-hydrogen) atoms. The Kier molecular flexibility index (Phi) is 5.00. The van der Waals surface area contributed by atoms with Crippen LogP contribution in [0.3, 0.4) is 0 Å². The van der Waals surface area contributed by atoms with Crippen LogP contribution in [0.2, 0.25) is 0 Å². The lowest BCUT2D eigenvalue weighted by atomic mass is 10.0. The summed E-state index contributed by atoms with van der Waals surface area (Å²) in [6.45, 7) is 1.73. The van der Waals surface area contributed by atoms with Gasteiger partial charge in [-0.25, -0.2) is 0 Å². The Balaban J connectivity index is 2.22. The Morgan fingerprint density at radius 2 is 1.78 bits per heavy atom. The summed E-state index contributed by atoms with van der Waals surface area (Å²) in [5.41, 5.74) is 2.13. The molecule has 0 atom stereocenters. The second kappa shape index (κ2) is 6.95. The number of hydrogen-bond acceptors (Lipinski definition) is 5. The van der Waals surface area contributed by atoms with E-state index in [4.69, 9.17) is 9.47 Å². The van der Waals surface area contributed by atoms with Crippen LogP contribution in [0.25, 0.3) is 0 Å². The van der Waals surface area contributed by atoms with Gasteiger partial charge in [-0.1, -0.05) is 12.1 Å². The van der Waals surface area contributed by atoms with Crippen molar-refractivity contribution in [3.63, 3.8) is 0 Å². The van der Waals surface area contributed by atoms with E-state index in [0.29, 0.717) is 24.3 Å². The third-order valence-electron chi connectivity index (χ3n) is 3.69. The average molecular weight is 318 g/mol. The first-order valence-corrected chi connectivity index (χ1v) is 7.05. The minimum absolute atomic E-state index is 0.0597. The zero-order valence-electron chi connectivity index (χ0n) is 13.2. The number of aromatic amines is 1. The summed E-state index contributed by atoms with van der Waals surface area (Å²) in [6, 6.07) is 6.37. The van der Waals surface area contributed by atoms with E-state index in [1.54, 1.807) is 19.1 Å². The van der Waals surface area contributed by atoms with Crippen LogP contribution in [-0.2, 0) is 12.8 Å². The normalized spacial score (nSPS) is 10.4. The lowest BCUT2D eigenvalue weighted by Gasteiger charge is -2.12. The van der Waals surface area contributed by atoms with E-state index in [1.165, 1.54) is 26.4 Å². The maximum Gasteiger partial charge on any atom is 0.269 e. The molecule has 1 N–H and O–H groups in total. The standard InChI is InChI=1S/C16H18N2O5/c1-10-13(17-16(23-3)15(22-2)14(10)19)9-6-11-4-7-12(8-5-11)18(20)21/h4-5,7-8H,6,9H2,1-3H3,(H,17,19). The van der Waals surface area contributed by atoms with Crippen molar-refractivity contribution in [3.8, 4) is 11.6 Å². The van der Waals surface area contributed by atoms with Crippen LogP contribution >= 0.6 is 0 Å². The third-order valence-corrected chi connectivity index (χ3v) is 3.69. The second-order valence-corrected chi connectivity index (χ2v) is 5.05. The van der Waals surface area contributed by atoms with Gasteiger partial charge < -0.3 is 14.5 Å². The smallest absolute Gasteiger partial charge is 0.269 e. The quantitative estimate of drug-likeness (QED) is 0.652. The Morgan fingerprint density at radius 1 is 1.13 bits per heavy atom. The number of pyridine rings is 1. The molecule has 0 amide bonds. The first-order chi connectivity index (χ1) is 11.0. The van der Waals surface area contributed by atoms with Crippen molar-refractivity contribution in [2.24, 2.45) is 0 Å². The SMILES string of the molecule is COc1[nH]c(CCc2ccc([N+](=O)[O-])cc2)c(C)c(=O)c1OC. The number of aromatic nitrogens is 1.